The number of amides is 1. The molecule has 0 aliphatic carbocycles. The molecule has 126 valence electrons. The van der Waals surface area contributed by atoms with Gasteiger partial charge in [0.2, 0.25) is 5.82 Å². The quantitative estimate of drug-likeness (QED) is 0.734. The lowest BCUT2D eigenvalue weighted by Crippen LogP contribution is -2.35. The van der Waals surface area contributed by atoms with E-state index >= 15 is 0 Å². The van der Waals surface area contributed by atoms with Crippen molar-refractivity contribution >= 4 is 5.91 Å². The maximum Gasteiger partial charge on any atom is 0.276 e. The summed E-state index contributed by atoms with van der Waals surface area (Å²) in [6.45, 7) is 1.66. The molecule has 1 aliphatic rings. The number of carbonyl (C=O) groups is 1. The van der Waals surface area contributed by atoms with E-state index < -0.39 is 0 Å². The second-order valence-corrected chi connectivity index (χ2v) is 6.07. The Kier molecular flexibility index (Phi) is 4.24. The van der Waals surface area contributed by atoms with E-state index in [1.807, 2.05) is 47.4 Å². The molecule has 3 heterocycles. The molecule has 6 heteroatoms. The standard InChI is InChI=1S/C19H18N4O2/c24-19(23-11-4-1-5-12-23)15-8-6-7-14(13-15)17-21-18(25-22-17)16-9-2-3-10-20-16/h2-3,6-10,13H,1,4-5,11-12H2. The first-order chi connectivity index (χ1) is 12.3. The van der Waals surface area contributed by atoms with Crippen molar-refractivity contribution in [2.45, 2.75) is 19.3 Å². The summed E-state index contributed by atoms with van der Waals surface area (Å²) in [5.41, 5.74) is 2.04. The maximum absolute atomic E-state index is 12.7. The largest absolute Gasteiger partial charge is 0.339 e. The average Bonchev–Trinajstić information content (AvgIpc) is 3.19. The molecule has 0 atom stereocenters. The van der Waals surface area contributed by atoms with Gasteiger partial charge in [-0.25, -0.2) is 0 Å². The van der Waals surface area contributed by atoms with Crippen LogP contribution in [0.3, 0.4) is 0 Å². The Morgan fingerprint density at radius 3 is 2.72 bits per heavy atom. The monoisotopic (exact) mass is 334 g/mol. The van der Waals surface area contributed by atoms with Gasteiger partial charge in [0.1, 0.15) is 5.69 Å². The van der Waals surface area contributed by atoms with Crippen LogP contribution in [-0.2, 0) is 0 Å². The Balaban J connectivity index is 1.59. The fourth-order valence-electron chi connectivity index (χ4n) is 3.00. The van der Waals surface area contributed by atoms with Crippen LogP contribution in [0.1, 0.15) is 29.6 Å². The number of hydrogen-bond donors (Lipinski definition) is 0. The summed E-state index contributed by atoms with van der Waals surface area (Å²) in [6, 6.07) is 12.9. The predicted molar refractivity (Wildman–Crippen MR) is 92.7 cm³/mol. The topological polar surface area (TPSA) is 72.1 Å². The van der Waals surface area contributed by atoms with Gasteiger partial charge in [0, 0.05) is 30.4 Å². The molecule has 1 saturated heterocycles. The van der Waals surface area contributed by atoms with Crippen LogP contribution in [0.25, 0.3) is 23.0 Å². The minimum atomic E-state index is 0.0648. The van der Waals surface area contributed by atoms with Crippen molar-refractivity contribution in [3.63, 3.8) is 0 Å². The number of rotatable bonds is 3. The smallest absolute Gasteiger partial charge is 0.276 e. The fourth-order valence-corrected chi connectivity index (χ4v) is 3.00. The number of hydrogen-bond acceptors (Lipinski definition) is 5. The molecule has 25 heavy (non-hydrogen) atoms. The summed E-state index contributed by atoms with van der Waals surface area (Å²) in [7, 11) is 0. The maximum atomic E-state index is 12.7. The van der Waals surface area contributed by atoms with Crippen molar-refractivity contribution in [3.05, 3.63) is 54.2 Å². The van der Waals surface area contributed by atoms with Gasteiger partial charge in [-0.15, -0.1) is 0 Å². The van der Waals surface area contributed by atoms with Crippen molar-refractivity contribution in [1.29, 1.82) is 0 Å². The van der Waals surface area contributed by atoms with Crippen LogP contribution in [0, 0.1) is 0 Å². The van der Waals surface area contributed by atoms with Crippen molar-refractivity contribution in [2.75, 3.05) is 13.1 Å². The van der Waals surface area contributed by atoms with Crippen molar-refractivity contribution in [3.8, 4) is 23.0 Å². The highest BCUT2D eigenvalue weighted by Gasteiger charge is 2.19. The molecule has 0 bridgehead atoms. The molecule has 1 amide bonds. The molecule has 0 saturated carbocycles. The lowest BCUT2D eigenvalue weighted by atomic mass is 10.1. The second kappa shape index (κ2) is 6.84. The number of pyridine rings is 1. The van der Waals surface area contributed by atoms with E-state index in [2.05, 4.69) is 15.1 Å². The van der Waals surface area contributed by atoms with E-state index in [9.17, 15) is 4.79 Å². The zero-order chi connectivity index (χ0) is 17.1. The van der Waals surface area contributed by atoms with E-state index in [1.54, 1.807) is 6.20 Å². The Labute approximate surface area is 145 Å². The summed E-state index contributed by atoms with van der Waals surface area (Å²) in [5.74, 6) is 0.882. The lowest BCUT2D eigenvalue weighted by molar-refractivity contribution is 0.0724. The van der Waals surface area contributed by atoms with Gasteiger partial charge in [-0.2, -0.15) is 4.98 Å². The first-order valence-electron chi connectivity index (χ1n) is 8.46. The summed E-state index contributed by atoms with van der Waals surface area (Å²) in [6.07, 6.45) is 5.02. The number of benzene rings is 1. The molecule has 0 radical (unpaired) electrons. The summed E-state index contributed by atoms with van der Waals surface area (Å²) < 4.78 is 5.30. The third kappa shape index (κ3) is 3.28. The van der Waals surface area contributed by atoms with Gasteiger partial charge in [-0.1, -0.05) is 23.4 Å². The van der Waals surface area contributed by atoms with E-state index in [0.29, 0.717) is 23.0 Å². The van der Waals surface area contributed by atoms with Crippen LogP contribution in [-0.4, -0.2) is 39.0 Å². The minimum absolute atomic E-state index is 0.0648. The summed E-state index contributed by atoms with van der Waals surface area (Å²) >= 11 is 0. The Bertz CT molecular complexity index is 870. The first kappa shape index (κ1) is 15.5. The zero-order valence-corrected chi connectivity index (χ0v) is 13.8. The van der Waals surface area contributed by atoms with Crippen LogP contribution >= 0.6 is 0 Å². The molecular weight excluding hydrogens is 316 g/mol. The predicted octanol–water partition coefficient (Wildman–Crippen LogP) is 3.42. The average molecular weight is 334 g/mol. The summed E-state index contributed by atoms with van der Waals surface area (Å²) in [5, 5.41) is 4.02. The number of aromatic nitrogens is 3. The number of nitrogens with zero attached hydrogens (tertiary/aromatic N) is 4. The van der Waals surface area contributed by atoms with Gasteiger partial charge in [0.25, 0.3) is 11.8 Å². The number of carbonyl (C=O) groups excluding carboxylic acids is 1. The molecule has 1 fully saturated rings. The van der Waals surface area contributed by atoms with Crippen LogP contribution in [0.15, 0.2) is 53.2 Å². The van der Waals surface area contributed by atoms with E-state index in [4.69, 9.17) is 4.52 Å². The summed E-state index contributed by atoms with van der Waals surface area (Å²) in [4.78, 5) is 23.2. The van der Waals surface area contributed by atoms with Gasteiger partial charge in [-0.05, 0) is 43.5 Å². The van der Waals surface area contributed by atoms with Crippen molar-refractivity contribution in [2.24, 2.45) is 0 Å². The highest BCUT2D eigenvalue weighted by Crippen LogP contribution is 2.22. The van der Waals surface area contributed by atoms with E-state index in [-0.39, 0.29) is 5.91 Å². The van der Waals surface area contributed by atoms with Crippen LogP contribution in [0.4, 0.5) is 0 Å². The van der Waals surface area contributed by atoms with Gasteiger partial charge in [-0.3, -0.25) is 9.78 Å². The van der Waals surface area contributed by atoms with Gasteiger partial charge in [0.15, 0.2) is 0 Å². The van der Waals surface area contributed by atoms with E-state index in [1.165, 1.54) is 6.42 Å². The van der Waals surface area contributed by atoms with Crippen LogP contribution in [0.2, 0.25) is 0 Å². The molecule has 6 nitrogen and oxygen atoms in total. The first-order valence-corrected chi connectivity index (χ1v) is 8.46. The van der Waals surface area contributed by atoms with Crippen LogP contribution in [0.5, 0.6) is 0 Å². The second-order valence-electron chi connectivity index (χ2n) is 6.07. The SMILES string of the molecule is O=C(c1cccc(-c2noc(-c3ccccn3)n2)c1)N1CCCCC1. The molecule has 0 N–H and O–H groups in total. The Morgan fingerprint density at radius 1 is 1.04 bits per heavy atom. The normalized spacial score (nSPS) is 14.5. The molecule has 4 rings (SSSR count). The third-order valence-electron chi connectivity index (χ3n) is 4.32. The molecule has 1 aromatic carbocycles. The number of likely N-dealkylation sites (tertiary alicyclic amines) is 1. The lowest BCUT2D eigenvalue weighted by Gasteiger charge is -2.26. The Morgan fingerprint density at radius 2 is 1.92 bits per heavy atom. The third-order valence-corrected chi connectivity index (χ3v) is 4.32. The fraction of sp³-hybridized carbons (Fsp3) is 0.263. The van der Waals surface area contributed by atoms with Gasteiger partial charge >= 0.3 is 0 Å². The van der Waals surface area contributed by atoms with E-state index in [0.717, 1.165) is 31.5 Å². The van der Waals surface area contributed by atoms with Crippen molar-refractivity contribution < 1.29 is 9.32 Å². The highest BCUT2D eigenvalue weighted by atomic mass is 16.5. The molecule has 2 aromatic heterocycles. The molecule has 0 spiro atoms. The molecule has 1 aliphatic heterocycles. The van der Waals surface area contributed by atoms with Crippen LogP contribution < -0.4 is 0 Å². The van der Waals surface area contributed by atoms with Crippen molar-refractivity contribution in [1.82, 2.24) is 20.0 Å². The molecule has 0 unspecified atom stereocenters. The van der Waals surface area contributed by atoms with Gasteiger partial charge in [0.05, 0.1) is 0 Å². The highest BCUT2D eigenvalue weighted by molar-refractivity contribution is 5.95. The zero-order valence-electron chi connectivity index (χ0n) is 13.8. The molecular formula is C19H18N4O2. The molecule has 3 aromatic rings. The number of piperidine rings is 1. The Hall–Kier alpha value is -3.02. The van der Waals surface area contributed by atoms with Gasteiger partial charge < -0.3 is 9.42 Å². The minimum Gasteiger partial charge on any atom is -0.339 e.